The largest absolute Gasteiger partial charge is 0.467 e. The van der Waals surface area contributed by atoms with Crippen molar-refractivity contribution in [3.8, 4) is 0 Å². The fourth-order valence-corrected chi connectivity index (χ4v) is 2.97. The molecule has 0 aliphatic rings. The van der Waals surface area contributed by atoms with Gasteiger partial charge in [-0.25, -0.2) is 4.98 Å². The monoisotopic (exact) mass is 359 g/mol. The van der Waals surface area contributed by atoms with Gasteiger partial charge >= 0.3 is 0 Å². The lowest BCUT2D eigenvalue weighted by molar-refractivity contribution is 0.0937. The van der Waals surface area contributed by atoms with Crippen LogP contribution in [0.25, 0.3) is 5.65 Å². The van der Waals surface area contributed by atoms with Crippen molar-refractivity contribution >= 4 is 11.6 Å². The van der Waals surface area contributed by atoms with E-state index in [1.54, 1.807) is 30.7 Å². The molecule has 4 aromatic rings. The van der Waals surface area contributed by atoms with E-state index >= 15 is 0 Å². The van der Waals surface area contributed by atoms with Gasteiger partial charge in [0.2, 0.25) is 0 Å². The number of aryl methyl sites for hydroxylation is 1. The summed E-state index contributed by atoms with van der Waals surface area (Å²) < 4.78 is 6.87. The lowest BCUT2D eigenvalue weighted by atomic mass is 10.0. The standard InChI is InChI=1S/C21H17N3O3/c1-14-9-10-18-22-12-16(21(26)24(18)13-14)20(25)23-19(17-8-5-11-27-17)15-6-3-2-4-7-15/h2-13,19H,1H3,(H,23,25). The van der Waals surface area contributed by atoms with E-state index in [0.717, 1.165) is 11.1 Å². The van der Waals surface area contributed by atoms with E-state index in [0.29, 0.717) is 11.4 Å². The number of fused-ring (bicyclic) bond motifs is 1. The Bertz CT molecular complexity index is 1150. The van der Waals surface area contributed by atoms with Crippen LogP contribution in [0.2, 0.25) is 0 Å². The zero-order valence-electron chi connectivity index (χ0n) is 14.6. The number of benzene rings is 1. The number of hydrogen-bond donors (Lipinski definition) is 1. The Hall–Kier alpha value is -3.67. The van der Waals surface area contributed by atoms with Crippen molar-refractivity contribution in [2.75, 3.05) is 0 Å². The lowest BCUT2D eigenvalue weighted by Gasteiger charge is -2.17. The number of nitrogens with one attached hydrogen (secondary N) is 1. The highest BCUT2D eigenvalue weighted by Gasteiger charge is 2.22. The molecule has 27 heavy (non-hydrogen) atoms. The average Bonchev–Trinajstić information content (AvgIpc) is 3.22. The highest BCUT2D eigenvalue weighted by molar-refractivity contribution is 5.94. The van der Waals surface area contributed by atoms with Crippen LogP contribution in [0.3, 0.4) is 0 Å². The Kier molecular flexibility index (Phi) is 4.30. The predicted octanol–water partition coefficient (Wildman–Crippen LogP) is 3.12. The number of pyridine rings is 1. The second kappa shape index (κ2) is 6.92. The molecular weight excluding hydrogens is 342 g/mol. The fourth-order valence-electron chi connectivity index (χ4n) is 2.97. The summed E-state index contributed by atoms with van der Waals surface area (Å²) in [4.78, 5) is 29.9. The van der Waals surface area contributed by atoms with Gasteiger partial charge in [0.15, 0.2) is 0 Å². The number of carbonyl (C=O) groups excluding carboxylic acids is 1. The average molecular weight is 359 g/mol. The lowest BCUT2D eigenvalue weighted by Crippen LogP contribution is -2.34. The van der Waals surface area contributed by atoms with Crippen molar-refractivity contribution in [1.82, 2.24) is 14.7 Å². The molecule has 1 atom stereocenters. The molecule has 0 aliphatic carbocycles. The molecule has 0 spiro atoms. The molecule has 134 valence electrons. The minimum absolute atomic E-state index is 0.0226. The number of furan rings is 1. The Morgan fingerprint density at radius 2 is 1.93 bits per heavy atom. The topological polar surface area (TPSA) is 76.6 Å². The van der Waals surface area contributed by atoms with Gasteiger partial charge in [0.05, 0.1) is 6.26 Å². The van der Waals surface area contributed by atoms with Crippen LogP contribution < -0.4 is 10.9 Å². The van der Waals surface area contributed by atoms with Crippen LogP contribution in [-0.4, -0.2) is 15.3 Å². The molecule has 1 unspecified atom stereocenters. The number of carbonyl (C=O) groups is 1. The first-order valence-corrected chi connectivity index (χ1v) is 8.51. The molecule has 0 saturated heterocycles. The first-order chi connectivity index (χ1) is 13.1. The van der Waals surface area contributed by atoms with Crippen LogP contribution in [-0.2, 0) is 0 Å². The molecule has 0 saturated carbocycles. The number of hydrogen-bond acceptors (Lipinski definition) is 4. The molecule has 3 heterocycles. The van der Waals surface area contributed by atoms with Gasteiger partial charge in [0.1, 0.15) is 23.0 Å². The number of rotatable bonds is 4. The zero-order valence-corrected chi connectivity index (χ0v) is 14.6. The van der Waals surface area contributed by atoms with Gasteiger partial charge in [0.25, 0.3) is 11.5 Å². The molecule has 0 bridgehead atoms. The molecule has 0 radical (unpaired) electrons. The maximum absolute atomic E-state index is 12.9. The van der Waals surface area contributed by atoms with Gasteiger partial charge in [-0.05, 0) is 36.2 Å². The second-order valence-corrected chi connectivity index (χ2v) is 6.24. The fraction of sp³-hybridized carbons (Fsp3) is 0.0952. The van der Waals surface area contributed by atoms with Crippen molar-refractivity contribution in [3.05, 3.63) is 106 Å². The molecule has 1 amide bonds. The van der Waals surface area contributed by atoms with Gasteiger partial charge in [-0.1, -0.05) is 36.4 Å². The number of aromatic nitrogens is 2. The van der Waals surface area contributed by atoms with Gasteiger partial charge in [-0.3, -0.25) is 14.0 Å². The molecule has 1 N–H and O–H groups in total. The third kappa shape index (κ3) is 3.25. The summed E-state index contributed by atoms with van der Waals surface area (Å²) in [5, 5.41) is 2.89. The Labute approximate surface area is 155 Å². The minimum atomic E-state index is -0.508. The van der Waals surface area contributed by atoms with E-state index in [4.69, 9.17) is 4.42 Å². The summed E-state index contributed by atoms with van der Waals surface area (Å²) in [7, 11) is 0. The van der Waals surface area contributed by atoms with E-state index in [-0.39, 0.29) is 5.56 Å². The van der Waals surface area contributed by atoms with Crippen molar-refractivity contribution in [3.63, 3.8) is 0 Å². The highest BCUT2D eigenvalue weighted by atomic mass is 16.3. The highest BCUT2D eigenvalue weighted by Crippen LogP contribution is 2.22. The maximum atomic E-state index is 12.9. The van der Waals surface area contributed by atoms with Crippen molar-refractivity contribution in [1.29, 1.82) is 0 Å². The first-order valence-electron chi connectivity index (χ1n) is 8.51. The van der Waals surface area contributed by atoms with Crippen LogP contribution >= 0.6 is 0 Å². The maximum Gasteiger partial charge on any atom is 0.270 e. The number of amides is 1. The van der Waals surface area contributed by atoms with Crippen molar-refractivity contribution < 1.29 is 9.21 Å². The van der Waals surface area contributed by atoms with E-state index in [1.807, 2.05) is 43.3 Å². The van der Waals surface area contributed by atoms with E-state index < -0.39 is 17.5 Å². The molecule has 0 aliphatic heterocycles. The summed E-state index contributed by atoms with van der Waals surface area (Å²) >= 11 is 0. The summed E-state index contributed by atoms with van der Waals surface area (Å²) in [5.41, 5.74) is 1.82. The van der Waals surface area contributed by atoms with Crippen LogP contribution in [0.1, 0.15) is 33.3 Å². The smallest absolute Gasteiger partial charge is 0.270 e. The SMILES string of the molecule is Cc1ccc2ncc(C(=O)NC(c3ccccc3)c3ccco3)c(=O)n2c1. The molecule has 0 fully saturated rings. The van der Waals surface area contributed by atoms with Crippen LogP contribution in [0.5, 0.6) is 0 Å². The Balaban J connectivity index is 1.73. The molecule has 1 aromatic carbocycles. The summed E-state index contributed by atoms with van der Waals surface area (Å²) in [6.07, 6.45) is 4.53. The van der Waals surface area contributed by atoms with Gasteiger partial charge < -0.3 is 9.73 Å². The van der Waals surface area contributed by atoms with Gasteiger partial charge in [-0.2, -0.15) is 0 Å². The molecule has 6 heteroatoms. The minimum Gasteiger partial charge on any atom is -0.467 e. The van der Waals surface area contributed by atoms with E-state index in [2.05, 4.69) is 10.3 Å². The first kappa shape index (κ1) is 16.8. The Morgan fingerprint density at radius 3 is 2.67 bits per heavy atom. The third-order valence-electron chi connectivity index (χ3n) is 4.33. The van der Waals surface area contributed by atoms with Crippen LogP contribution in [0, 0.1) is 6.92 Å². The van der Waals surface area contributed by atoms with Gasteiger partial charge in [0, 0.05) is 12.4 Å². The zero-order chi connectivity index (χ0) is 18.8. The molecule has 6 nitrogen and oxygen atoms in total. The van der Waals surface area contributed by atoms with E-state index in [9.17, 15) is 9.59 Å². The van der Waals surface area contributed by atoms with Crippen LogP contribution in [0.15, 0.2) is 82.5 Å². The third-order valence-corrected chi connectivity index (χ3v) is 4.33. The number of nitrogens with zero attached hydrogens (tertiary/aromatic N) is 2. The molecular formula is C21H17N3O3. The van der Waals surface area contributed by atoms with Crippen LogP contribution in [0.4, 0.5) is 0 Å². The van der Waals surface area contributed by atoms with Crippen molar-refractivity contribution in [2.24, 2.45) is 0 Å². The summed E-state index contributed by atoms with van der Waals surface area (Å²) in [6.45, 7) is 1.88. The van der Waals surface area contributed by atoms with Crippen molar-refractivity contribution in [2.45, 2.75) is 13.0 Å². The molecule has 3 aromatic heterocycles. The Morgan fingerprint density at radius 1 is 1.11 bits per heavy atom. The summed E-state index contributed by atoms with van der Waals surface area (Å²) in [5.74, 6) is 0.0768. The van der Waals surface area contributed by atoms with Gasteiger partial charge in [-0.15, -0.1) is 0 Å². The second-order valence-electron chi connectivity index (χ2n) is 6.24. The predicted molar refractivity (Wildman–Crippen MR) is 101 cm³/mol. The summed E-state index contributed by atoms with van der Waals surface area (Å²) in [6, 6.07) is 16.1. The molecule has 4 rings (SSSR count). The normalized spacial score (nSPS) is 12.0. The quantitative estimate of drug-likeness (QED) is 0.607. The van der Waals surface area contributed by atoms with E-state index in [1.165, 1.54) is 10.6 Å².